The molecule has 0 heterocycles. The van der Waals surface area contributed by atoms with E-state index in [1.165, 1.54) is 0 Å². The lowest BCUT2D eigenvalue weighted by Gasteiger charge is -2.37. The fraction of sp³-hybridized carbons (Fsp3) is 1.00. The zero-order valence-corrected chi connectivity index (χ0v) is 22.5. The summed E-state index contributed by atoms with van der Waals surface area (Å²) in [5, 5.41) is 0. The lowest BCUT2D eigenvalue weighted by atomic mass is 9.94. The van der Waals surface area contributed by atoms with Crippen LogP contribution >= 0.6 is 0 Å². The molecule has 0 nitrogen and oxygen atoms in total. The second kappa shape index (κ2) is 14.3. The van der Waals surface area contributed by atoms with E-state index < -0.39 is 85.4 Å². The van der Waals surface area contributed by atoms with Crippen molar-refractivity contribution >= 4 is 0 Å². The smallest absolute Gasteiger partial charge is 0.200 e. The Morgan fingerprint density at radius 2 is 0.378 bits per heavy atom. The summed E-state index contributed by atoms with van der Waals surface area (Å²) < 4.78 is 284. The van der Waals surface area contributed by atoms with Gasteiger partial charge in [0.1, 0.15) is 0 Å². The van der Waals surface area contributed by atoms with Gasteiger partial charge in [0.2, 0.25) is 0 Å². The Labute approximate surface area is 240 Å². The molecule has 272 valence electrons. The predicted molar refractivity (Wildman–Crippen MR) is 112 cm³/mol. The van der Waals surface area contributed by atoms with Crippen LogP contribution in [0.25, 0.3) is 0 Å². The van der Waals surface area contributed by atoms with E-state index >= 15 is 0 Å². The van der Waals surface area contributed by atoms with Crippen molar-refractivity contribution in [1.29, 1.82) is 0 Å². The zero-order valence-electron chi connectivity index (χ0n) is 22.5. The summed E-state index contributed by atoms with van der Waals surface area (Å²) in [6.07, 6.45) is -20.3. The Bertz CT molecular complexity index is 826. The highest BCUT2D eigenvalue weighted by Gasteiger charge is 2.88. The first-order chi connectivity index (χ1) is 19.7. The molecule has 0 aromatic rings. The molecule has 0 unspecified atom stereocenters. The third-order valence-corrected chi connectivity index (χ3v) is 6.69. The van der Waals surface area contributed by atoms with Crippen LogP contribution in [0.4, 0.5) is 96.6 Å². The molecule has 45 heavy (non-hydrogen) atoms. The normalized spacial score (nSPS) is 15.6. The van der Waals surface area contributed by atoms with Crippen molar-refractivity contribution in [2.24, 2.45) is 0 Å². The minimum atomic E-state index is -7.48. The molecule has 0 aliphatic heterocycles. The van der Waals surface area contributed by atoms with Gasteiger partial charge in [0.15, 0.2) is 0 Å². The minimum Gasteiger partial charge on any atom is -0.200 e. The van der Waals surface area contributed by atoms with Gasteiger partial charge in [-0.1, -0.05) is 57.8 Å². The summed E-state index contributed by atoms with van der Waals surface area (Å²) in [4.78, 5) is 0. The molecule has 22 heteroatoms. The predicted octanol–water partition coefficient (Wildman–Crippen LogP) is 12.3. The maximum absolute atomic E-state index is 13.6. The maximum atomic E-state index is 13.6. The summed E-state index contributed by atoms with van der Waals surface area (Å²) in [5.41, 5.74) is 0. The Hall–Kier alpha value is -1.54. The lowest BCUT2D eigenvalue weighted by Crippen LogP contribution is -2.66. The van der Waals surface area contributed by atoms with Crippen molar-refractivity contribution in [3.05, 3.63) is 0 Å². The van der Waals surface area contributed by atoms with Crippen molar-refractivity contribution < 1.29 is 96.6 Å². The van der Waals surface area contributed by atoms with Crippen LogP contribution in [0.3, 0.4) is 0 Å². The summed E-state index contributed by atoms with van der Waals surface area (Å²) in [6.45, 7) is 0. The summed E-state index contributed by atoms with van der Waals surface area (Å²) >= 11 is 0. The largest absolute Gasteiger partial charge is 0.460 e. The van der Waals surface area contributed by atoms with Crippen LogP contribution < -0.4 is 0 Å². The molecular weight excluding hydrogens is 694 g/mol. The van der Waals surface area contributed by atoms with E-state index in [1.807, 2.05) is 0 Å². The summed E-state index contributed by atoms with van der Waals surface area (Å²) in [5.74, 6) is -55.9. The van der Waals surface area contributed by atoms with Gasteiger partial charge < -0.3 is 0 Å². The molecule has 0 aliphatic carbocycles. The van der Waals surface area contributed by atoms with Gasteiger partial charge in [-0.15, -0.1) is 0 Å². The fourth-order valence-electron chi connectivity index (χ4n) is 3.81. The number of hydrogen-bond acceptors (Lipinski definition) is 0. The van der Waals surface area contributed by atoms with Gasteiger partial charge in [0, 0.05) is 12.8 Å². The number of alkyl halides is 22. The third kappa shape index (κ3) is 8.88. The molecule has 0 rings (SSSR count). The van der Waals surface area contributed by atoms with Crippen LogP contribution in [0.2, 0.25) is 0 Å². The molecule has 0 aromatic heterocycles. The molecule has 0 aromatic carbocycles. The molecule has 0 bridgehead atoms. The first-order valence-corrected chi connectivity index (χ1v) is 12.9. The van der Waals surface area contributed by atoms with E-state index in [0.29, 0.717) is 6.42 Å². The van der Waals surface area contributed by atoms with Crippen molar-refractivity contribution in [3.63, 3.8) is 0 Å². The second-order valence-electron chi connectivity index (χ2n) is 10.2. The van der Waals surface area contributed by atoms with E-state index in [0.717, 1.165) is 0 Å². The number of unbranched alkanes of at least 4 members (excludes halogenated alkanes) is 10. The fourth-order valence-corrected chi connectivity index (χ4v) is 3.81. The van der Waals surface area contributed by atoms with E-state index in [1.54, 1.807) is 0 Å². The Balaban J connectivity index is 4.46. The third-order valence-electron chi connectivity index (χ3n) is 6.69. The molecule has 0 aliphatic rings. The molecule has 0 saturated carbocycles. The molecule has 0 N–H and O–H groups in total. The van der Waals surface area contributed by atoms with Crippen LogP contribution in [0, 0.1) is 0 Å². The number of halogens is 22. The monoisotopic (exact) mass is 720 g/mol. The van der Waals surface area contributed by atoms with Gasteiger partial charge in [0.25, 0.3) is 0 Å². The van der Waals surface area contributed by atoms with Crippen molar-refractivity contribution in [3.8, 4) is 0 Å². The average molecular weight is 720 g/mol. The van der Waals surface area contributed by atoms with Gasteiger partial charge in [-0.2, -0.15) is 96.6 Å². The van der Waals surface area contributed by atoms with E-state index in [9.17, 15) is 96.6 Å². The van der Waals surface area contributed by atoms with Gasteiger partial charge in [-0.3, -0.25) is 0 Å². The molecule has 0 amide bonds. The molecule has 0 spiro atoms. The Kier molecular flexibility index (Phi) is 13.8. The minimum absolute atomic E-state index is 0.0158. The highest BCUT2D eigenvalue weighted by atomic mass is 19.4. The summed E-state index contributed by atoms with van der Waals surface area (Å²) in [7, 11) is 0. The standard InChI is InChI=1S/C23H26F22/c24-14(25,16(28,29)18(32,33)20(36,37)22(40,41)42)12-10-8-6-4-2-1-3-5-7-9-11-13-15(26,27)17(30,31)19(34,35)21(38,39)23(43,44)45/h1-13H2. The van der Waals surface area contributed by atoms with Gasteiger partial charge >= 0.3 is 59.7 Å². The van der Waals surface area contributed by atoms with Crippen LogP contribution in [0.1, 0.15) is 83.5 Å². The molecule has 0 saturated heterocycles. The van der Waals surface area contributed by atoms with Gasteiger partial charge in [-0.25, -0.2) is 0 Å². The van der Waals surface area contributed by atoms with Crippen LogP contribution in [0.5, 0.6) is 0 Å². The molecular formula is C23H26F22. The number of hydrogen-bond donors (Lipinski definition) is 0. The van der Waals surface area contributed by atoms with Crippen LogP contribution in [0.15, 0.2) is 0 Å². The van der Waals surface area contributed by atoms with E-state index in [-0.39, 0.29) is 51.4 Å². The van der Waals surface area contributed by atoms with Gasteiger partial charge in [-0.05, 0) is 12.8 Å². The molecule has 0 fully saturated rings. The van der Waals surface area contributed by atoms with Crippen molar-refractivity contribution in [1.82, 2.24) is 0 Å². The van der Waals surface area contributed by atoms with E-state index in [2.05, 4.69) is 0 Å². The lowest BCUT2D eigenvalue weighted by molar-refractivity contribution is -0.422. The quantitative estimate of drug-likeness (QED) is 0.0868. The highest BCUT2D eigenvalue weighted by molar-refractivity contribution is 5.07. The Morgan fingerprint density at radius 3 is 0.556 bits per heavy atom. The molecule has 0 atom stereocenters. The van der Waals surface area contributed by atoms with Crippen molar-refractivity contribution in [2.45, 2.75) is 143 Å². The topological polar surface area (TPSA) is 0 Å². The van der Waals surface area contributed by atoms with Crippen molar-refractivity contribution in [2.75, 3.05) is 0 Å². The molecule has 0 radical (unpaired) electrons. The maximum Gasteiger partial charge on any atom is 0.460 e. The van der Waals surface area contributed by atoms with E-state index in [4.69, 9.17) is 0 Å². The average Bonchev–Trinajstić information content (AvgIpc) is 2.84. The number of rotatable bonds is 20. The first kappa shape index (κ1) is 43.5. The van der Waals surface area contributed by atoms with Crippen LogP contribution in [-0.2, 0) is 0 Å². The highest BCUT2D eigenvalue weighted by Crippen LogP contribution is 2.59. The second-order valence-corrected chi connectivity index (χ2v) is 10.2. The van der Waals surface area contributed by atoms with Gasteiger partial charge in [0.05, 0.1) is 0 Å². The first-order valence-electron chi connectivity index (χ1n) is 12.9. The summed E-state index contributed by atoms with van der Waals surface area (Å²) in [6, 6.07) is 0. The SMILES string of the molecule is FC(F)(F)C(F)(F)C(F)(F)C(F)(F)C(F)(F)CCCCCCCCCCCCCC(F)(F)C(F)(F)C(F)(F)C(F)(F)C(F)(F)F. The van der Waals surface area contributed by atoms with Crippen LogP contribution in [-0.4, -0.2) is 59.7 Å². The Morgan fingerprint density at radius 1 is 0.200 bits per heavy atom. The zero-order chi connectivity index (χ0) is 36.2.